The molecular weight excluding hydrogens is 534 g/mol. The fraction of sp³-hybridized carbons (Fsp3) is 0.906. The number of nitrogens with zero attached hydrogens (tertiary/aromatic N) is 5. The molecule has 4 rings (SSSR count). The molecule has 6 unspecified atom stereocenters. The zero-order valence-corrected chi connectivity index (χ0v) is 27.9. The molecule has 6 atom stereocenters. The molecule has 0 amide bonds. The zero-order valence-electron chi connectivity index (χ0n) is 27.1. The van der Waals surface area contributed by atoms with Crippen molar-refractivity contribution >= 4 is 23.5 Å². The fourth-order valence-corrected chi connectivity index (χ4v) is 7.02. The highest BCUT2D eigenvalue weighted by Crippen LogP contribution is 2.38. The van der Waals surface area contributed by atoms with Crippen molar-refractivity contribution < 1.29 is 5.11 Å². The second kappa shape index (κ2) is 16.6. The molecule has 3 heterocycles. The highest BCUT2D eigenvalue weighted by Gasteiger charge is 2.35. The number of piperidine rings is 2. The quantitative estimate of drug-likeness (QED) is 0.295. The van der Waals surface area contributed by atoms with Crippen LogP contribution in [0.25, 0.3) is 0 Å². The molecule has 3 aliphatic rings. The van der Waals surface area contributed by atoms with Crippen LogP contribution in [0.3, 0.4) is 0 Å². The first-order valence-electron chi connectivity index (χ1n) is 16.6. The number of anilines is 2. The molecule has 0 aromatic carbocycles. The van der Waals surface area contributed by atoms with E-state index in [-0.39, 0.29) is 11.5 Å². The van der Waals surface area contributed by atoms with Gasteiger partial charge in [0.15, 0.2) is 0 Å². The third kappa shape index (κ3) is 10.2. The van der Waals surface area contributed by atoms with Crippen molar-refractivity contribution in [3.05, 3.63) is 5.28 Å². The maximum Gasteiger partial charge on any atom is 0.231 e. The highest BCUT2D eigenvalue weighted by molar-refractivity contribution is 6.28. The van der Waals surface area contributed by atoms with Crippen LogP contribution in [0, 0.1) is 11.3 Å². The smallest absolute Gasteiger partial charge is 0.231 e. The summed E-state index contributed by atoms with van der Waals surface area (Å²) in [5.74, 6) is 2.01. The summed E-state index contributed by atoms with van der Waals surface area (Å²) < 4.78 is 0. The Kier molecular flexibility index (Phi) is 13.9. The van der Waals surface area contributed by atoms with E-state index < -0.39 is 0 Å². The molecule has 0 bridgehead atoms. The number of unbranched alkanes of at least 4 members (excludes halogenated alkanes) is 2. The molecule has 236 valence electrons. The number of aliphatic hydroxyl groups is 1. The van der Waals surface area contributed by atoms with Crippen molar-refractivity contribution in [3.63, 3.8) is 0 Å². The average molecular weight is 594 g/mol. The number of hydrogen-bond donors (Lipinski definition) is 3. The third-order valence-electron chi connectivity index (χ3n) is 9.50. The van der Waals surface area contributed by atoms with Crippen LogP contribution in [0.1, 0.15) is 119 Å². The third-order valence-corrected chi connectivity index (χ3v) is 9.67. The summed E-state index contributed by atoms with van der Waals surface area (Å²) in [5.41, 5.74) is 0.164. The molecule has 3 fully saturated rings. The molecule has 0 radical (unpaired) electrons. The van der Waals surface area contributed by atoms with Gasteiger partial charge in [0.05, 0.1) is 6.10 Å². The Morgan fingerprint density at radius 2 is 1.32 bits per heavy atom. The van der Waals surface area contributed by atoms with Gasteiger partial charge in [-0.05, 0) is 101 Å². The van der Waals surface area contributed by atoms with Crippen LogP contribution in [0.15, 0.2) is 0 Å². The van der Waals surface area contributed by atoms with Gasteiger partial charge in [0, 0.05) is 37.3 Å². The van der Waals surface area contributed by atoms with Crippen molar-refractivity contribution in [2.75, 3.05) is 36.0 Å². The predicted octanol–water partition coefficient (Wildman–Crippen LogP) is 6.21. The minimum Gasteiger partial charge on any atom is -0.392 e. The van der Waals surface area contributed by atoms with E-state index in [0.29, 0.717) is 35.4 Å². The van der Waals surface area contributed by atoms with Gasteiger partial charge in [-0.15, -0.1) is 0 Å². The molecule has 3 N–H and O–H groups in total. The number of aliphatic hydroxyl groups excluding tert-OH is 1. The number of hydrogen-bond acceptors (Lipinski definition) is 8. The average Bonchev–Trinajstić information content (AvgIpc) is 2.92. The van der Waals surface area contributed by atoms with E-state index in [2.05, 4.69) is 78.9 Å². The van der Waals surface area contributed by atoms with Gasteiger partial charge < -0.3 is 25.5 Å². The van der Waals surface area contributed by atoms with Crippen LogP contribution in [-0.4, -0.2) is 76.5 Å². The van der Waals surface area contributed by atoms with Gasteiger partial charge in [-0.2, -0.15) is 15.0 Å². The van der Waals surface area contributed by atoms with Crippen molar-refractivity contribution in [1.82, 2.24) is 25.6 Å². The highest BCUT2D eigenvalue weighted by atomic mass is 35.5. The molecular formula is C32H60ClN7O. The minimum absolute atomic E-state index is 0.0822. The summed E-state index contributed by atoms with van der Waals surface area (Å²) in [6.45, 7) is 19.5. The van der Waals surface area contributed by atoms with Crippen molar-refractivity contribution in [2.45, 2.75) is 149 Å². The van der Waals surface area contributed by atoms with E-state index in [1.807, 2.05) is 0 Å². The molecule has 2 aliphatic heterocycles. The minimum atomic E-state index is -0.0822. The van der Waals surface area contributed by atoms with Gasteiger partial charge in [0.2, 0.25) is 17.2 Å². The number of rotatable bonds is 10. The van der Waals surface area contributed by atoms with Gasteiger partial charge in [-0.1, -0.05) is 53.9 Å². The lowest BCUT2D eigenvalue weighted by molar-refractivity contribution is -0.0254. The largest absolute Gasteiger partial charge is 0.392 e. The molecule has 41 heavy (non-hydrogen) atoms. The van der Waals surface area contributed by atoms with Crippen molar-refractivity contribution in [3.8, 4) is 0 Å². The Morgan fingerprint density at radius 1 is 0.829 bits per heavy atom. The van der Waals surface area contributed by atoms with Gasteiger partial charge in [-0.3, -0.25) is 0 Å². The van der Waals surface area contributed by atoms with E-state index in [4.69, 9.17) is 16.6 Å². The molecule has 1 aromatic rings. The Labute approximate surface area is 255 Å². The summed E-state index contributed by atoms with van der Waals surface area (Å²) in [4.78, 5) is 19.1. The summed E-state index contributed by atoms with van der Waals surface area (Å²) in [6, 6.07) is 1.91. The lowest BCUT2D eigenvalue weighted by atomic mass is 9.70. The Hall–Kier alpha value is -1.22. The first-order valence-corrected chi connectivity index (χ1v) is 17.0. The van der Waals surface area contributed by atoms with Crippen molar-refractivity contribution in [2.24, 2.45) is 11.3 Å². The van der Waals surface area contributed by atoms with Crippen LogP contribution < -0.4 is 20.4 Å². The molecule has 9 heteroatoms. The molecule has 1 saturated carbocycles. The number of halogens is 1. The summed E-state index contributed by atoms with van der Waals surface area (Å²) in [5, 5.41) is 17.1. The SMILES string of the molecule is CC1CCCC(C)(C)C1O.CCCCN(c1nc(Cl)nc(N(CCCC)C2CCNC(C)C2)n1)C1CCNC(C)C1. The Bertz CT molecular complexity index is 851. The van der Waals surface area contributed by atoms with Crippen molar-refractivity contribution in [1.29, 1.82) is 0 Å². The van der Waals surface area contributed by atoms with E-state index >= 15 is 0 Å². The van der Waals surface area contributed by atoms with Crippen LogP contribution in [0.4, 0.5) is 11.9 Å². The monoisotopic (exact) mass is 593 g/mol. The van der Waals surface area contributed by atoms with Gasteiger partial charge in [0.25, 0.3) is 0 Å². The molecule has 1 aromatic heterocycles. The maximum absolute atomic E-state index is 9.71. The zero-order chi connectivity index (χ0) is 30.0. The van der Waals surface area contributed by atoms with Gasteiger partial charge in [-0.25, -0.2) is 0 Å². The number of aromatic nitrogens is 3. The van der Waals surface area contributed by atoms with Crippen LogP contribution in [0.5, 0.6) is 0 Å². The molecule has 8 nitrogen and oxygen atoms in total. The van der Waals surface area contributed by atoms with E-state index in [0.717, 1.165) is 89.4 Å². The second-order valence-corrected chi connectivity index (χ2v) is 14.0. The molecule has 2 saturated heterocycles. The Balaban J connectivity index is 0.000000389. The summed E-state index contributed by atoms with van der Waals surface area (Å²) >= 11 is 6.50. The van der Waals surface area contributed by atoms with Crippen LogP contribution >= 0.6 is 11.6 Å². The van der Waals surface area contributed by atoms with Gasteiger partial charge >= 0.3 is 0 Å². The fourth-order valence-electron chi connectivity index (χ4n) is 6.87. The lowest BCUT2D eigenvalue weighted by Gasteiger charge is -2.39. The van der Waals surface area contributed by atoms with Crippen LogP contribution in [0.2, 0.25) is 5.28 Å². The standard InChI is InChI=1S/C23H42ClN7.C9H18O/c1-5-7-13-30(19-9-11-25-17(3)15-19)22-27-21(24)28-23(29-22)31(14-8-6-2)20-10-12-26-18(4)16-20;1-7-5-4-6-9(2,3)8(7)10/h17-20,25-26H,5-16H2,1-4H3;7-8,10H,4-6H2,1-3H3. The summed E-state index contributed by atoms with van der Waals surface area (Å²) in [7, 11) is 0. The lowest BCUT2D eigenvalue weighted by Crippen LogP contribution is -2.49. The topological polar surface area (TPSA) is 89.4 Å². The second-order valence-electron chi connectivity index (χ2n) is 13.7. The van der Waals surface area contributed by atoms with Crippen LogP contribution in [-0.2, 0) is 0 Å². The van der Waals surface area contributed by atoms with E-state index in [1.54, 1.807) is 0 Å². The summed E-state index contributed by atoms with van der Waals surface area (Å²) in [6.07, 6.45) is 12.6. The molecule has 1 aliphatic carbocycles. The normalized spacial score (nSPS) is 29.8. The first-order chi connectivity index (χ1) is 19.6. The molecule has 0 spiro atoms. The van der Waals surface area contributed by atoms with E-state index in [1.165, 1.54) is 19.3 Å². The predicted molar refractivity (Wildman–Crippen MR) is 173 cm³/mol. The van der Waals surface area contributed by atoms with Gasteiger partial charge in [0.1, 0.15) is 0 Å². The first kappa shape index (κ1) is 34.3. The maximum atomic E-state index is 9.71. The number of nitrogens with one attached hydrogen (secondary N) is 2. The Morgan fingerprint density at radius 3 is 1.71 bits per heavy atom. The van der Waals surface area contributed by atoms with E-state index in [9.17, 15) is 5.11 Å².